The molecule has 1 aromatic rings. The van der Waals surface area contributed by atoms with Gasteiger partial charge < -0.3 is 0 Å². The number of hydrogen-bond donors (Lipinski definition) is 0. The standard InChI is InChI=1S/C13H12SSe/c1-10-5-2-3-8-13(10)15-12-7-4-6-11(14)9-12/h2-5,7-9H,6H2,1H3/i9D,12+1. The molecule has 1 aliphatic rings. The first-order valence-electron chi connectivity index (χ1n) is 5.32. The summed E-state index contributed by atoms with van der Waals surface area (Å²) in [6.07, 6.45) is 4.88. The van der Waals surface area contributed by atoms with E-state index in [1.54, 1.807) is 0 Å². The van der Waals surface area contributed by atoms with E-state index in [-0.39, 0.29) is 15.0 Å². The summed E-state index contributed by atoms with van der Waals surface area (Å²) in [7, 11) is 0. The summed E-state index contributed by atoms with van der Waals surface area (Å²) in [6.45, 7) is 2.12. The molecule has 0 aromatic heterocycles. The van der Waals surface area contributed by atoms with E-state index in [0.29, 0.717) is 6.05 Å². The summed E-state index contributed by atoms with van der Waals surface area (Å²) in [5.41, 5.74) is 1.30. The fourth-order valence-corrected chi connectivity index (χ4v) is 3.70. The third-order valence-electron chi connectivity index (χ3n) is 2.15. The van der Waals surface area contributed by atoms with Crippen molar-refractivity contribution in [2.75, 3.05) is 0 Å². The summed E-state index contributed by atoms with van der Waals surface area (Å²) in [5.74, 6) is 0. The van der Waals surface area contributed by atoms with Crippen molar-refractivity contribution in [3.05, 3.63) is 52.5 Å². The van der Waals surface area contributed by atoms with Crippen LogP contribution in [0.3, 0.4) is 0 Å². The van der Waals surface area contributed by atoms with Gasteiger partial charge in [-0.15, -0.1) is 0 Å². The Balaban J connectivity index is 2.29. The number of allylic oxidation sites excluding steroid dienone is 4. The third-order valence-corrected chi connectivity index (χ3v) is 4.80. The Labute approximate surface area is 104 Å². The molecule has 0 amide bonds. The van der Waals surface area contributed by atoms with Crippen molar-refractivity contribution < 1.29 is 1.37 Å². The molecule has 0 N–H and O–H groups in total. The summed E-state index contributed by atoms with van der Waals surface area (Å²) in [6, 6.07) is 8.93. The van der Waals surface area contributed by atoms with Crippen LogP contribution in [0.2, 0.25) is 0 Å². The van der Waals surface area contributed by atoms with Gasteiger partial charge in [-0.05, 0) is 0 Å². The second-order valence-corrected chi connectivity index (χ2v) is 6.15. The number of hydrogen-bond acceptors (Lipinski definition) is 1. The number of thiocarbonyl (C=S) groups is 1. The van der Waals surface area contributed by atoms with E-state index in [2.05, 4.69) is 37.3 Å². The zero-order chi connectivity index (χ0) is 11.5. The zero-order valence-corrected chi connectivity index (χ0v) is 11.0. The molecule has 0 aliphatic heterocycles. The van der Waals surface area contributed by atoms with E-state index in [4.69, 9.17) is 13.6 Å². The van der Waals surface area contributed by atoms with Crippen LogP contribution in [-0.4, -0.2) is 19.8 Å². The second kappa shape index (κ2) is 4.89. The van der Waals surface area contributed by atoms with Gasteiger partial charge in [0, 0.05) is 0 Å². The molecule has 0 fully saturated rings. The van der Waals surface area contributed by atoms with Crippen LogP contribution in [0.15, 0.2) is 46.9 Å². The van der Waals surface area contributed by atoms with Crippen LogP contribution in [0.5, 0.6) is 0 Å². The molecule has 2 heteroatoms. The van der Waals surface area contributed by atoms with Crippen molar-refractivity contribution in [1.82, 2.24) is 0 Å². The Hall–Kier alpha value is -0.691. The van der Waals surface area contributed by atoms with Crippen LogP contribution in [-0.2, 0) is 0 Å². The van der Waals surface area contributed by atoms with E-state index < -0.39 is 0 Å². The Bertz CT molecular complexity index is 488. The van der Waals surface area contributed by atoms with Gasteiger partial charge in [0.05, 0.1) is 0 Å². The molecule has 0 spiro atoms. The molecule has 15 heavy (non-hydrogen) atoms. The van der Waals surface area contributed by atoms with Gasteiger partial charge in [0.1, 0.15) is 0 Å². The zero-order valence-electron chi connectivity index (χ0n) is 9.49. The average Bonchev–Trinajstić information content (AvgIpc) is 2.28. The topological polar surface area (TPSA) is 0 Å². The first-order valence-corrected chi connectivity index (χ1v) is 6.94. The molecule has 76 valence electrons. The average molecular weight is 281 g/mol. The van der Waals surface area contributed by atoms with E-state index in [0.717, 1.165) is 15.8 Å². The van der Waals surface area contributed by atoms with E-state index in [1.165, 1.54) is 10.0 Å². The van der Waals surface area contributed by atoms with Gasteiger partial charge in [0.2, 0.25) is 0 Å². The predicted molar refractivity (Wildman–Crippen MR) is 71.0 cm³/mol. The molecule has 0 unspecified atom stereocenters. The van der Waals surface area contributed by atoms with Crippen LogP contribution in [0.25, 0.3) is 0 Å². The van der Waals surface area contributed by atoms with Crippen molar-refractivity contribution in [1.29, 1.82) is 0 Å². The monoisotopic (exact) mass is 282 g/mol. The molecule has 0 bridgehead atoms. The van der Waals surface area contributed by atoms with Crippen LogP contribution >= 0.6 is 12.2 Å². The second-order valence-electron chi connectivity index (χ2n) is 3.39. The van der Waals surface area contributed by atoms with E-state index >= 15 is 0 Å². The summed E-state index contributed by atoms with van der Waals surface area (Å²) in [5, 5.41) is 0. The van der Waals surface area contributed by atoms with Crippen LogP contribution in [0.1, 0.15) is 13.4 Å². The van der Waals surface area contributed by atoms with Crippen molar-refractivity contribution >= 4 is 36.5 Å². The van der Waals surface area contributed by atoms with Crippen LogP contribution < -0.4 is 4.46 Å². The van der Waals surface area contributed by atoms with E-state index in [9.17, 15) is 0 Å². The molecule has 1 aliphatic carbocycles. The molecule has 0 saturated carbocycles. The Kier molecular flexibility index (Phi) is 3.11. The summed E-state index contributed by atoms with van der Waals surface area (Å²) >= 11 is 5.37. The Morgan fingerprint density at radius 1 is 1.40 bits per heavy atom. The molecule has 2 rings (SSSR count). The number of rotatable bonds is 2. The molecular weight excluding hydrogens is 268 g/mol. The van der Waals surface area contributed by atoms with Gasteiger partial charge >= 0.3 is 104 Å². The van der Waals surface area contributed by atoms with E-state index in [1.807, 2.05) is 6.07 Å². The van der Waals surface area contributed by atoms with Gasteiger partial charge in [0.15, 0.2) is 0 Å². The van der Waals surface area contributed by atoms with Crippen molar-refractivity contribution in [3.8, 4) is 0 Å². The Morgan fingerprint density at radius 2 is 2.20 bits per heavy atom. The van der Waals surface area contributed by atoms with Crippen molar-refractivity contribution in [2.45, 2.75) is 13.3 Å². The van der Waals surface area contributed by atoms with Crippen molar-refractivity contribution in [2.24, 2.45) is 0 Å². The molecular formula is C13H12SSe. The molecule has 1 aromatic carbocycles. The minimum atomic E-state index is 0.198. The minimum absolute atomic E-state index is 0.198. The molecule has 0 saturated heterocycles. The summed E-state index contributed by atoms with van der Waals surface area (Å²) in [4.78, 5) is 0.771. The Morgan fingerprint density at radius 3 is 3.00 bits per heavy atom. The third kappa shape index (κ3) is 2.88. The van der Waals surface area contributed by atoms with Gasteiger partial charge in [-0.1, -0.05) is 0 Å². The van der Waals surface area contributed by atoms with Gasteiger partial charge in [0.25, 0.3) is 0 Å². The van der Waals surface area contributed by atoms with Crippen LogP contribution in [0.4, 0.5) is 0 Å². The predicted octanol–water partition coefficient (Wildman–Crippen LogP) is 2.54. The maximum atomic E-state index is 7.96. The molecule has 0 radical (unpaired) electrons. The normalized spacial score (nSPS) is 16.9. The van der Waals surface area contributed by atoms with Crippen molar-refractivity contribution in [3.63, 3.8) is 0 Å². The van der Waals surface area contributed by atoms with Gasteiger partial charge in [-0.25, -0.2) is 0 Å². The molecule has 0 atom stereocenters. The quantitative estimate of drug-likeness (QED) is 0.456. The fourth-order valence-electron chi connectivity index (χ4n) is 1.35. The SMILES string of the molecule is [2H]C1=[13C]([Se]c2ccccc2C)C=CCC1=S. The fraction of sp³-hybridized carbons (Fsp3) is 0.154. The maximum absolute atomic E-state index is 7.96. The number of aryl methyl sites for hydroxylation is 1. The first kappa shape index (κ1) is 9.53. The first-order chi connectivity index (χ1) is 7.68. The number of benzene rings is 1. The van der Waals surface area contributed by atoms with Crippen LogP contribution in [0, 0.1) is 6.92 Å². The molecule has 0 heterocycles. The molecule has 0 nitrogen and oxygen atoms in total. The summed E-state index contributed by atoms with van der Waals surface area (Å²) < 4.78 is 10.4. The van der Waals surface area contributed by atoms with Gasteiger partial charge in [-0.3, -0.25) is 0 Å². The van der Waals surface area contributed by atoms with Gasteiger partial charge in [-0.2, -0.15) is 0 Å².